The number of nitrogens with zero attached hydrogens (tertiary/aromatic N) is 2. The SMILES string of the molecule is O=C(Nc1cccc(C#Cc2ccccn2)c1)c1cccc2cccnc12. The molecule has 4 heteroatoms. The molecule has 4 rings (SSSR count). The van der Waals surface area contributed by atoms with Crippen LogP contribution in [0.25, 0.3) is 10.9 Å². The van der Waals surface area contributed by atoms with E-state index in [-0.39, 0.29) is 5.91 Å². The van der Waals surface area contributed by atoms with Crippen LogP contribution in [-0.2, 0) is 0 Å². The summed E-state index contributed by atoms with van der Waals surface area (Å²) in [6.45, 7) is 0. The molecule has 128 valence electrons. The van der Waals surface area contributed by atoms with Crippen LogP contribution in [0.2, 0.25) is 0 Å². The molecule has 0 aliphatic heterocycles. The molecule has 0 unspecified atom stereocenters. The van der Waals surface area contributed by atoms with E-state index in [0.717, 1.165) is 10.9 Å². The fourth-order valence-electron chi connectivity index (χ4n) is 2.73. The maximum absolute atomic E-state index is 12.7. The predicted molar refractivity (Wildman–Crippen MR) is 106 cm³/mol. The van der Waals surface area contributed by atoms with Gasteiger partial charge in [0.25, 0.3) is 5.91 Å². The van der Waals surface area contributed by atoms with E-state index in [1.807, 2.05) is 66.7 Å². The summed E-state index contributed by atoms with van der Waals surface area (Å²) >= 11 is 0. The lowest BCUT2D eigenvalue weighted by molar-refractivity contribution is 0.102. The molecule has 0 bridgehead atoms. The highest BCUT2D eigenvalue weighted by atomic mass is 16.1. The highest BCUT2D eigenvalue weighted by Gasteiger charge is 2.11. The van der Waals surface area contributed by atoms with Crippen LogP contribution in [0.3, 0.4) is 0 Å². The standard InChI is InChI=1S/C23H15N3O/c27-23(21-11-4-7-18-8-5-15-25-22(18)21)26-20-10-3-6-17(16-20)12-13-19-9-1-2-14-24-19/h1-11,14-16H,(H,26,27). The second-order valence-corrected chi connectivity index (χ2v) is 5.88. The summed E-state index contributed by atoms with van der Waals surface area (Å²) in [6, 6.07) is 22.4. The molecular formula is C23H15N3O. The van der Waals surface area contributed by atoms with Crippen LogP contribution in [0.5, 0.6) is 0 Å². The third-order valence-corrected chi connectivity index (χ3v) is 4.00. The molecule has 0 radical (unpaired) electrons. The molecule has 0 aliphatic rings. The number of nitrogens with one attached hydrogen (secondary N) is 1. The van der Waals surface area contributed by atoms with E-state index in [4.69, 9.17) is 0 Å². The van der Waals surface area contributed by atoms with Gasteiger partial charge in [0.05, 0.1) is 11.1 Å². The zero-order chi connectivity index (χ0) is 18.5. The van der Waals surface area contributed by atoms with E-state index < -0.39 is 0 Å². The van der Waals surface area contributed by atoms with Gasteiger partial charge in [0.15, 0.2) is 0 Å². The highest BCUT2D eigenvalue weighted by Crippen LogP contribution is 2.18. The lowest BCUT2D eigenvalue weighted by Gasteiger charge is -2.07. The minimum atomic E-state index is -0.200. The number of anilines is 1. The van der Waals surface area contributed by atoms with Gasteiger partial charge in [-0.1, -0.05) is 36.3 Å². The molecule has 0 atom stereocenters. The molecule has 1 amide bonds. The van der Waals surface area contributed by atoms with Gasteiger partial charge in [-0.2, -0.15) is 0 Å². The Balaban J connectivity index is 1.58. The second-order valence-electron chi connectivity index (χ2n) is 5.88. The molecule has 0 saturated carbocycles. The molecule has 4 nitrogen and oxygen atoms in total. The largest absolute Gasteiger partial charge is 0.322 e. The number of rotatable bonds is 2. The first-order valence-corrected chi connectivity index (χ1v) is 8.48. The van der Waals surface area contributed by atoms with Crippen molar-refractivity contribution in [3.05, 3.63) is 102 Å². The van der Waals surface area contributed by atoms with Crippen molar-refractivity contribution in [2.75, 3.05) is 5.32 Å². The zero-order valence-electron chi connectivity index (χ0n) is 14.4. The lowest BCUT2D eigenvalue weighted by Crippen LogP contribution is -2.12. The summed E-state index contributed by atoms with van der Waals surface area (Å²) in [5.41, 5.74) is 3.41. The fourth-order valence-corrected chi connectivity index (χ4v) is 2.73. The van der Waals surface area contributed by atoms with Crippen molar-refractivity contribution in [1.82, 2.24) is 9.97 Å². The van der Waals surface area contributed by atoms with Crippen LogP contribution in [0.1, 0.15) is 21.6 Å². The number of amides is 1. The maximum atomic E-state index is 12.7. The quantitative estimate of drug-likeness (QED) is 0.550. The first-order valence-electron chi connectivity index (χ1n) is 8.48. The first kappa shape index (κ1) is 16.5. The average Bonchev–Trinajstić information content (AvgIpc) is 2.73. The highest BCUT2D eigenvalue weighted by molar-refractivity contribution is 6.11. The normalized spacial score (nSPS) is 10.1. The molecule has 0 spiro atoms. The van der Waals surface area contributed by atoms with Crippen molar-refractivity contribution in [3.63, 3.8) is 0 Å². The van der Waals surface area contributed by atoms with Crippen molar-refractivity contribution in [3.8, 4) is 11.8 Å². The third kappa shape index (κ3) is 3.83. The van der Waals surface area contributed by atoms with Gasteiger partial charge in [-0.25, -0.2) is 4.98 Å². The molecule has 2 aromatic carbocycles. The van der Waals surface area contributed by atoms with Crippen molar-refractivity contribution in [2.45, 2.75) is 0 Å². The molecule has 1 N–H and O–H groups in total. The van der Waals surface area contributed by atoms with Gasteiger partial charge in [0, 0.05) is 29.0 Å². The Labute approximate surface area is 156 Å². The minimum Gasteiger partial charge on any atom is -0.322 e. The average molecular weight is 349 g/mol. The Bertz CT molecular complexity index is 1170. The number of fused-ring (bicyclic) bond motifs is 1. The Morgan fingerprint density at radius 1 is 0.815 bits per heavy atom. The topological polar surface area (TPSA) is 54.9 Å². The van der Waals surface area contributed by atoms with E-state index in [2.05, 4.69) is 27.1 Å². The summed E-state index contributed by atoms with van der Waals surface area (Å²) in [5.74, 6) is 5.88. The molecule has 0 fully saturated rings. The lowest BCUT2D eigenvalue weighted by atomic mass is 10.1. The molecule has 2 aromatic heterocycles. The van der Waals surface area contributed by atoms with Crippen molar-refractivity contribution in [1.29, 1.82) is 0 Å². The number of benzene rings is 2. The van der Waals surface area contributed by atoms with Gasteiger partial charge in [-0.15, -0.1) is 0 Å². The predicted octanol–water partition coefficient (Wildman–Crippen LogP) is 4.28. The minimum absolute atomic E-state index is 0.200. The Kier molecular flexibility index (Phi) is 4.59. The summed E-state index contributed by atoms with van der Waals surface area (Å²) < 4.78 is 0. The number of para-hydroxylation sites is 1. The van der Waals surface area contributed by atoms with Gasteiger partial charge in [-0.05, 0) is 48.4 Å². The Hall–Kier alpha value is -3.97. The summed E-state index contributed by atoms with van der Waals surface area (Å²) in [4.78, 5) is 21.2. The molecule has 0 saturated heterocycles. The van der Waals surface area contributed by atoms with E-state index in [1.165, 1.54) is 0 Å². The summed E-state index contributed by atoms with van der Waals surface area (Å²) in [6.07, 6.45) is 3.39. The van der Waals surface area contributed by atoms with E-state index in [1.54, 1.807) is 18.5 Å². The van der Waals surface area contributed by atoms with Gasteiger partial charge < -0.3 is 5.32 Å². The smallest absolute Gasteiger partial charge is 0.257 e. The molecule has 0 aliphatic carbocycles. The zero-order valence-corrected chi connectivity index (χ0v) is 14.4. The Morgan fingerprint density at radius 2 is 1.67 bits per heavy atom. The van der Waals surface area contributed by atoms with E-state index >= 15 is 0 Å². The van der Waals surface area contributed by atoms with Crippen LogP contribution in [-0.4, -0.2) is 15.9 Å². The number of hydrogen-bond acceptors (Lipinski definition) is 3. The van der Waals surface area contributed by atoms with Crippen molar-refractivity contribution in [2.24, 2.45) is 0 Å². The number of carbonyl (C=O) groups excluding carboxylic acids is 1. The first-order chi connectivity index (χ1) is 13.3. The third-order valence-electron chi connectivity index (χ3n) is 4.00. The van der Waals surface area contributed by atoms with Crippen LogP contribution in [0.4, 0.5) is 5.69 Å². The molecule has 2 heterocycles. The van der Waals surface area contributed by atoms with Crippen LogP contribution in [0.15, 0.2) is 85.2 Å². The second kappa shape index (κ2) is 7.51. The van der Waals surface area contributed by atoms with E-state index in [0.29, 0.717) is 22.5 Å². The fraction of sp³-hybridized carbons (Fsp3) is 0. The maximum Gasteiger partial charge on any atom is 0.257 e. The molecule has 27 heavy (non-hydrogen) atoms. The monoisotopic (exact) mass is 349 g/mol. The van der Waals surface area contributed by atoms with Crippen LogP contribution in [0, 0.1) is 11.8 Å². The van der Waals surface area contributed by atoms with Gasteiger partial charge >= 0.3 is 0 Å². The van der Waals surface area contributed by atoms with Crippen molar-refractivity contribution >= 4 is 22.5 Å². The van der Waals surface area contributed by atoms with Gasteiger partial charge in [0.1, 0.15) is 5.69 Å². The van der Waals surface area contributed by atoms with Crippen LogP contribution >= 0.6 is 0 Å². The van der Waals surface area contributed by atoms with Crippen molar-refractivity contribution < 1.29 is 4.79 Å². The summed E-state index contributed by atoms with van der Waals surface area (Å²) in [5, 5.41) is 3.86. The van der Waals surface area contributed by atoms with Crippen LogP contribution < -0.4 is 5.32 Å². The molecule has 4 aromatic rings. The Morgan fingerprint density at radius 3 is 2.56 bits per heavy atom. The van der Waals surface area contributed by atoms with E-state index in [9.17, 15) is 4.79 Å². The van der Waals surface area contributed by atoms with Gasteiger partial charge in [0.2, 0.25) is 0 Å². The molecular weight excluding hydrogens is 334 g/mol. The number of aromatic nitrogens is 2. The van der Waals surface area contributed by atoms with Gasteiger partial charge in [-0.3, -0.25) is 9.78 Å². The number of pyridine rings is 2. The summed E-state index contributed by atoms with van der Waals surface area (Å²) in [7, 11) is 0. The number of carbonyl (C=O) groups is 1. The number of hydrogen-bond donors (Lipinski definition) is 1.